The van der Waals surface area contributed by atoms with Gasteiger partial charge in [0.1, 0.15) is 0 Å². The maximum absolute atomic E-state index is 9.13. The highest BCUT2D eigenvalue weighted by Crippen LogP contribution is 2.37. The van der Waals surface area contributed by atoms with Crippen LogP contribution in [0.1, 0.15) is 65.2 Å². The van der Waals surface area contributed by atoms with Gasteiger partial charge in [-0.25, -0.2) is 0 Å². The maximum atomic E-state index is 9.13. The largest absolute Gasteiger partial charge is 0.396 e. The molecule has 2 fully saturated rings. The fraction of sp³-hybridized carbons (Fsp3) is 1.00. The van der Waals surface area contributed by atoms with Gasteiger partial charge >= 0.3 is 0 Å². The molecule has 0 radical (unpaired) electrons. The molecule has 1 aliphatic heterocycles. The van der Waals surface area contributed by atoms with Gasteiger partial charge in [-0.15, -0.1) is 0 Å². The first-order chi connectivity index (χ1) is 8.13. The summed E-state index contributed by atoms with van der Waals surface area (Å²) in [5, 5.41) is 9.13. The van der Waals surface area contributed by atoms with Crippen LogP contribution in [-0.4, -0.2) is 34.7 Å². The molecule has 17 heavy (non-hydrogen) atoms. The van der Waals surface area contributed by atoms with Crippen LogP contribution in [0.5, 0.6) is 0 Å². The fourth-order valence-electron chi connectivity index (χ4n) is 3.77. The van der Waals surface area contributed by atoms with Crippen molar-refractivity contribution in [3.8, 4) is 0 Å². The van der Waals surface area contributed by atoms with Crippen LogP contribution in [-0.2, 0) is 0 Å². The molecule has 0 aromatic carbocycles. The third-order valence-electron chi connectivity index (χ3n) is 4.95. The van der Waals surface area contributed by atoms with E-state index in [1.165, 1.54) is 51.5 Å². The third kappa shape index (κ3) is 3.23. The first kappa shape index (κ1) is 13.4. The molecule has 1 unspecified atom stereocenters. The van der Waals surface area contributed by atoms with Gasteiger partial charge in [0.15, 0.2) is 0 Å². The monoisotopic (exact) mass is 239 g/mol. The Bertz CT molecular complexity index is 233. The normalized spacial score (nSPS) is 31.6. The van der Waals surface area contributed by atoms with Crippen LogP contribution in [0, 0.1) is 5.92 Å². The number of aliphatic hydroxyl groups is 1. The summed E-state index contributed by atoms with van der Waals surface area (Å²) < 4.78 is 0. The smallest absolute Gasteiger partial charge is 0.0434 e. The zero-order valence-corrected chi connectivity index (χ0v) is 11.6. The molecular formula is C15H29NO. The van der Waals surface area contributed by atoms with Crippen molar-refractivity contribution in [2.75, 3.05) is 13.2 Å². The van der Waals surface area contributed by atoms with Crippen molar-refractivity contribution in [3.63, 3.8) is 0 Å². The number of nitrogens with zero attached hydrogens (tertiary/aromatic N) is 1. The van der Waals surface area contributed by atoms with E-state index in [9.17, 15) is 0 Å². The zero-order valence-electron chi connectivity index (χ0n) is 11.6. The van der Waals surface area contributed by atoms with Crippen molar-refractivity contribution < 1.29 is 5.11 Å². The lowest BCUT2D eigenvalue weighted by Crippen LogP contribution is -2.55. The molecule has 0 aromatic heterocycles. The highest BCUT2D eigenvalue weighted by Gasteiger charge is 2.38. The molecule has 100 valence electrons. The zero-order chi connectivity index (χ0) is 12.3. The van der Waals surface area contributed by atoms with Gasteiger partial charge in [0.2, 0.25) is 0 Å². The number of likely N-dealkylation sites (tertiary alicyclic amines) is 1. The van der Waals surface area contributed by atoms with Crippen molar-refractivity contribution in [1.82, 2.24) is 4.90 Å². The van der Waals surface area contributed by atoms with Crippen LogP contribution in [0.3, 0.4) is 0 Å². The molecule has 0 spiro atoms. The Labute approximate surface area is 106 Å². The lowest BCUT2D eigenvalue weighted by atomic mass is 9.80. The molecule has 0 aromatic rings. The Hall–Kier alpha value is -0.0800. The second-order valence-electron chi connectivity index (χ2n) is 6.67. The summed E-state index contributed by atoms with van der Waals surface area (Å²) in [5.41, 5.74) is 0.383. The van der Waals surface area contributed by atoms with E-state index in [0.717, 1.165) is 18.4 Å². The van der Waals surface area contributed by atoms with Crippen molar-refractivity contribution >= 4 is 0 Å². The summed E-state index contributed by atoms with van der Waals surface area (Å²) in [6.07, 6.45) is 10.7. The minimum absolute atomic E-state index is 0.365. The predicted molar refractivity (Wildman–Crippen MR) is 72.1 cm³/mol. The maximum Gasteiger partial charge on any atom is 0.0434 e. The van der Waals surface area contributed by atoms with Gasteiger partial charge in [-0.1, -0.05) is 19.3 Å². The second kappa shape index (κ2) is 5.71. The van der Waals surface area contributed by atoms with E-state index in [-0.39, 0.29) is 0 Å². The van der Waals surface area contributed by atoms with E-state index >= 15 is 0 Å². The lowest BCUT2D eigenvalue weighted by molar-refractivity contribution is -0.0107. The van der Waals surface area contributed by atoms with E-state index in [4.69, 9.17) is 5.11 Å². The Morgan fingerprint density at radius 2 is 1.82 bits per heavy atom. The average Bonchev–Trinajstić information content (AvgIpc) is 2.33. The molecular weight excluding hydrogens is 210 g/mol. The van der Waals surface area contributed by atoms with Crippen LogP contribution >= 0.6 is 0 Å². The Balaban J connectivity index is 1.99. The minimum atomic E-state index is 0.365. The fourth-order valence-corrected chi connectivity index (χ4v) is 3.77. The van der Waals surface area contributed by atoms with Gasteiger partial charge in [0, 0.05) is 24.7 Å². The van der Waals surface area contributed by atoms with Crippen molar-refractivity contribution in [2.45, 2.75) is 76.8 Å². The molecule has 2 rings (SSSR count). The number of rotatable bonds is 3. The first-order valence-corrected chi connectivity index (χ1v) is 7.51. The molecule has 2 heteroatoms. The van der Waals surface area contributed by atoms with Gasteiger partial charge in [-0.05, 0) is 51.9 Å². The summed E-state index contributed by atoms with van der Waals surface area (Å²) in [4.78, 5) is 2.77. The molecule has 1 saturated heterocycles. The summed E-state index contributed by atoms with van der Waals surface area (Å²) in [6.45, 7) is 6.41. The predicted octanol–water partition coefficient (Wildman–Crippen LogP) is 3.19. The topological polar surface area (TPSA) is 23.5 Å². The highest BCUT2D eigenvalue weighted by molar-refractivity contribution is 4.93. The Morgan fingerprint density at radius 3 is 2.47 bits per heavy atom. The van der Waals surface area contributed by atoms with Crippen LogP contribution in [0.25, 0.3) is 0 Å². The van der Waals surface area contributed by atoms with Crippen molar-refractivity contribution in [3.05, 3.63) is 0 Å². The van der Waals surface area contributed by atoms with Crippen LogP contribution in [0.4, 0.5) is 0 Å². The van der Waals surface area contributed by atoms with E-state index in [0.29, 0.717) is 12.1 Å². The molecule has 1 N–H and O–H groups in total. The van der Waals surface area contributed by atoms with Gasteiger partial charge in [-0.3, -0.25) is 4.90 Å². The van der Waals surface area contributed by atoms with E-state index < -0.39 is 0 Å². The van der Waals surface area contributed by atoms with Crippen LogP contribution < -0.4 is 0 Å². The number of aliphatic hydroxyl groups excluding tert-OH is 1. The summed E-state index contributed by atoms with van der Waals surface area (Å²) in [6, 6.07) is 0.820. The van der Waals surface area contributed by atoms with Gasteiger partial charge < -0.3 is 5.11 Å². The van der Waals surface area contributed by atoms with Crippen molar-refractivity contribution in [1.29, 1.82) is 0 Å². The molecule has 1 aliphatic carbocycles. The molecule has 2 nitrogen and oxygen atoms in total. The summed E-state index contributed by atoms with van der Waals surface area (Å²) in [7, 11) is 0. The molecule has 1 heterocycles. The molecule has 1 atom stereocenters. The molecule has 1 saturated carbocycles. The van der Waals surface area contributed by atoms with Crippen molar-refractivity contribution in [2.24, 2.45) is 5.92 Å². The lowest BCUT2D eigenvalue weighted by Gasteiger charge is -2.50. The van der Waals surface area contributed by atoms with Gasteiger partial charge in [0.25, 0.3) is 0 Å². The van der Waals surface area contributed by atoms with Gasteiger partial charge in [0.05, 0.1) is 0 Å². The first-order valence-electron chi connectivity index (χ1n) is 7.51. The average molecular weight is 239 g/mol. The summed E-state index contributed by atoms with van der Waals surface area (Å²) in [5.74, 6) is 0.731. The number of hydrogen-bond acceptors (Lipinski definition) is 2. The summed E-state index contributed by atoms with van der Waals surface area (Å²) >= 11 is 0. The van der Waals surface area contributed by atoms with E-state index in [1.54, 1.807) is 0 Å². The quantitative estimate of drug-likeness (QED) is 0.817. The van der Waals surface area contributed by atoms with E-state index in [2.05, 4.69) is 18.7 Å². The molecule has 0 bridgehead atoms. The highest BCUT2D eigenvalue weighted by atomic mass is 16.3. The number of hydrogen-bond donors (Lipinski definition) is 1. The Morgan fingerprint density at radius 1 is 1.12 bits per heavy atom. The van der Waals surface area contributed by atoms with Gasteiger partial charge in [-0.2, -0.15) is 0 Å². The Kier molecular flexibility index (Phi) is 4.48. The third-order valence-corrected chi connectivity index (χ3v) is 4.95. The minimum Gasteiger partial charge on any atom is -0.396 e. The van der Waals surface area contributed by atoms with Crippen LogP contribution in [0.2, 0.25) is 0 Å². The molecule has 0 amide bonds. The van der Waals surface area contributed by atoms with E-state index in [1.807, 2.05) is 0 Å². The number of piperidine rings is 1. The second-order valence-corrected chi connectivity index (χ2v) is 6.67. The molecule has 2 aliphatic rings. The van der Waals surface area contributed by atoms with Crippen LogP contribution in [0.15, 0.2) is 0 Å². The standard InChI is InChI=1S/C15H29NO/c1-15(2)10-8-13(9-11-17)12-16(15)14-6-4-3-5-7-14/h13-14,17H,3-12H2,1-2H3. The SMILES string of the molecule is CC1(C)CCC(CCO)CN1C1CCCCC1.